The lowest BCUT2D eigenvalue weighted by Crippen LogP contribution is -2.49. The van der Waals surface area contributed by atoms with E-state index in [0.717, 1.165) is 6.42 Å². The molecule has 0 radical (unpaired) electrons. The van der Waals surface area contributed by atoms with Crippen LogP contribution in [0.2, 0.25) is 0 Å². The lowest BCUT2D eigenvalue weighted by Gasteiger charge is -2.34. The average molecular weight is 282 g/mol. The molecule has 0 bridgehead atoms. The van der Waals surface area contributed by atoms with E-state index in [1.54, 1.807) is 6.92 Å². The normalized spacial score (nSPS) is 28.4. The van der Waals surface area contributed by atoms with Crippen LogP contribution in [0.15, 0.2) is 0 Å². The minimum Gasteiger partial charge on any atom is -0.388 e. The Morgan fingerprint density at radius 2 is 1.89 bits per heavy atom. The third kappa shape index (κ3) is 6.10. The number of nitrogens with zero attached hydrogens (tertiary/aromatic N) is 1. The lowest BCUT2D eigenvalue weighted by molar-refractivity contribution is -0.183. The highest BCUT2D eigenvalue weighted by molar-refractivity contribution is 4.85. The van der Waals surface area contributed by atoms with E-state index in [1.165, 1.54) is 0 Å². The molecule has 1 fully saturated rings. The quantitative estimate of drug-likeness (QED) is 0.809. The van der Waals surface area contributed by atoms with Crippen LogP contribution in [0.1, 0.15) is 32.6 Å². The molecule has 0 heterocycles. The number of halogens is 3. The van der Waals surface area contributed by atoms with Crippen LogP contribution in [0.4, 0.5) is 13.2 Å². The largest absolute Gasteiger partial charge is 0.391 e. The molecule has 19 heavy (non-hydrogen) atoms. The van der Waals surface area contributed by atoms with Gasteiger partial charge in [0, 0.05) is 19.1 Å². The van der Waals surface area contributed by atoms with Crippen molar-refractivity contribution in [2.45, 2.75) is 50.4 Å². The molecule has 0 unspecified atom stereocenters. The Bertz CT molecular complexity index is 280. The van der Waals surface area contributed by atoms with Crippen molar-refractivity contribution in [3.8, 4) is 0 Å². The first kappa shape index (κ1) is 16.7. The first-order chi connectivity index (χ1) is 8.60. The molecule has 0 aromatic carbocycles. The first-order valence-electron chi connectivity index (χ1n) is 6.77. The van der Waals surface area contributed by atoms with E-state index in [-0.39, 0.29) is 18.9 Å². The summed E-state index contributed by atoms with van der Waals surface area (Å²) in [7, 11) is 3.71. The molecule has 6 heteroatoms. The van der Waals surface area contributed by atoms with Gasteiger partial charge in [0.25, 0.3) is 0 Å². The van der Waals surface area contributed by atoms with Crippen molar-refractivity contribution in [3.63, 3.8) is 0 Å². The maximum atomic E-state index is 12.7. The Hall–Kier alpha value is -0.330. The summed E-state index contributed by atoms with van der Waals surface area (Å²) in [5.74, 6) is -1.20. The number of aliphatic hydroxyl groups is 1. The van der Waals surface area contributed by atoms with Crippen LogP contribution in [-0.4, -0.2) is 55.0 Å². The SMILES string of the molecule is CN(C)C[C@](C)(O)CN[C@H]1CCC[C@H](C(F)(F)F)C1. The summed E-state index contributed by atoms with van der Waals surface area (Å²) >= 11 is 0. The maximum Gasteiger partial charge on any atom is 0.391 e. The Kier molecular flexibility index (Phi) is 5.65. The fourth-order valence-corrected chi connectivity index (χ4v) is 2.77. The Morgan fingerprint density at radius 3 is 2.42 bits per heavy atom. The minimum absolute atomic E-state index is 0.127. The molecule has 0 spiro atoms. The van der Waals surface area contributed by atoms with Crippen LogP contribution in [0.3, 0.4) is 0 Å². The zero-order valence-electron chi connectivity index (χ0n) is 11.9. The number of hydrogen-bond acceptors (Lipinski definition) is 3. The van der Waals surface area contributed by atoms with Gasteiger partial charge in [-0.3, -0.25) is 0 Å². The second-order valence-electron chi connectivity index (χ2n) is 6.22. The highest BCUT2D eigenvalue weighted by atomic mass is 19.4. The third-order valence-corrected chi connectivity index (χ3v) is 3.57. The van der Waals surface area contributed by atoms with Gasteiger partial charge in [0.2, 0.25) is 0 Å². The predicted octanol–water partition coefficient (Wildman–Crippen LogP) is 2.01. The van der Waals surface area contributed by atoms with E-state index in [1.807, 2.05) is 19.0 Å². The van der Waals surface area contributed by atoms with Crippen LogP contribution in [0, 0.1) is 5.92 Å². The van der Waals surface area contributed by atoms with E-state index in [4.69, 9.17) is 0 Å². The minimum atomic E-state index is -4.09. The molecular weight excluding hydrogens is 257 g/mol. The van der Waals surface area contributed by atoms with Gasteiger partial charge in [-0.05, 0) is 40.3 Å². The van der Waals surface area contributed by atoms with Gasteiger partial charge in [0.05, 0.1) is 11.5 Å². The molecule has 3 atom stereocenters. The standard InChI is InChI=1S/C13H25F3N2O/c1-12(19,9-18(2)3)8-17-11-6-4-5-10(7-11)13(14,15)16/h10-11,17,19H,4-9H2,1-3H3/t10-,11-,12+/m0/s1. The smallest absolute Gasteiger partial charge is 0.388 e. The van der Waals surface area contributed by atoms with Gasteiger partial charge in [0.15, 0.2) is 0 Å². The Labute approximate surface area is 113 Å². The molecule has 1 aliphatic carbocycles. The molecule has 0 amide bonds. The zero-order valence-corrected chi connectivity index (χ0v) is 11.9. The van der Waals surface area contributed by atoms with E-state index >= 15 is 0 Å². The van der Waals surface area contributed by atoms with Gasteiger partial charge in [0.1, 0.15) is 0 Å². The lowest BCUT2D eigenvalue weighted by atomic mass is 9.85. The topological polar surface area (TPSA) is 35.5 Å². The number of rotatable bonds is 5. The second-order valence-corrected chi connectivity index (χ2v) is 6.22. The highest BCUT2D eigenvalue weighted by Gasteiger charge is 2.42. The van der Waals surface area contributed by atoms with Crippen molar-refractivity contribution in [2.75, 3.05) is 27.2 Å². The Morgan fingerprint density at radius 1 is 1.26 bits per heavy atom. The van der Waals surface area contributed by atoms with Crippen LogP contribution in [0.25, 0.3) is 0 Å². The molecular formula is C13H25F3N2O. The molecule has 1 aliphatic rings. The zero-order chi connectivity index (χ0) is 14.7. The van der Waals surface area contributed by atoms with Crippen LogP contribution in [0.5, 0.6) is 0 Å². The Balaban J connectivity index is 2.41. The van der Waals surface area contributed by atoms with Crippen molar-refractivity contribution < 1.29 is 18.3 Å². The van der Waals surface area contributed by atoms with Crippen LogP contribution in [-0.2, 0) is 0 Å². The van der Waals surface area contributed by atoms with E-state index in [0.29, 0.717) is 19.5 Å². The fourth-order valence-electron chi connectivity index (χ4n) is 2.77. The summed E-state index contributed by atoms with van der Waals surface area (Å²) in [6.07, 6.45) is -2.38. The van der Waals surface area contributed by atoms with Gasteiger partial charge in [-0.15, -0.1) is 0 Å². The second kappa shape index (κ2) is 6.41. The fraction of sp³-hybridized carbons (Fsp3) is 1.00. The van der Waals surface area contributed by atoms with Crippen molar-refractivity contribution in [2.24, 2.45) is 5.92 Å². The molecule has 1 rings (SSSR count). The van der Waals surface area contributed by atoms with Gasteiger partial charge in [-0.2, -0.15) is 13.2 Å². The van der Waals surface area contributed by atoms with Crippen molar-refractivity contribution in [1.82, 2.24) is 10.2 Å². The molecule has 2 N–H and O–H groups in total. The molecule has 3 nitrogen and oxygen atoms in total. The summed E-state index contributed by atoms with van der Waals surface area (Å²) in [6, 6.07) is -0.144. The van der Waals surface area contributed by atoms with Crippen molar-refractivity contribution in [3.05, 3.63) is 0 Å². The van der Waals surface area contributed by atoms with E-state index in [2.05, 4.69) is 5.32 Å². The van der Waals surface area contributed by atoms with Crippen LogP contribution < -0.4 is 5.32 Å². The van der Waals surface area contributed by atoms with Gasteiger partial charge in [-0.1, -0.05) is 6.42 Å². The van der Waals surface area contributed by atoms with Gasteiger partial charge < -0.3 is 15.3 Å². The first-order valence-corrected chi connectivity index (χ1v) is 6.77. The van der Waals surface area contributed by atoms with Gasteiger partial charge >= 0.3 is 6.18 Å². The molecule has 0 aliphatic heterocycles. The molecule has 1 saturated carbocycles. The summed E-state index contributed by atoms with van der Waals surface area (Å²) in [5.41, 5.74) is -0.922. The predicted molar refractivity (Wildman–Crippen MR) is 69.0 cm³/mol. The molecule has 0 aromatic rings. The van der Waals surface area contributed by atoms with Crippen molar-refractivity contribution >= 4 is 0 Å². The number of likely N-dealkylation sites (N-methyl/N-ethyl adjacent to an activating group) is 1. The number of nitrogens with one attached hydrogen (secondary N) is 1. The number of alkyl halides is 3. The summed E-state index contributed by atoms with van der Waals surface area (Å²) in [6.45, 7) is 2.50. The molecule has 0 saturated heterocycles. The summed E-state index contributed by atoms with van der Waals surface area (Å²) < 4.78 is 38.0. The molecule has 114 valence electrons. The van der Waals surface area contributed by atoms with E-state index in [9.17, 15) is 18.3 Å². The average Bonchev–Trinajstić information content (AvgIpc) is 2.24. The van der Waals surface area contributed by atoms with E-state index < -0.39 is 17.7 Å². The summed E-state index contributed by atoms with van der Waals surface area (Å²) in [5, 5.41) is 13.2. The van der Waals surface area contributed by atoms with Crippen molar-refractivity contribution in [1.29, 1.82) is 0 Å². The monoisotopic (exact) mass is 282 g/mol. The molecule has 0 aromatic heterocycles. The third-order valence-electron chi connectivity index (χ3n) is 3.57. The van der Waals surface area contributed by atoms with Gasteiger partial charge in [-0.25, -0.2) is 0 Å². The summed E-state index contributed by atoms with van der Waals surface area (Å²) in [4.78, 5) is 1.86. The highest BCUT2D eigenvalue weighted by Crippen LogP contribution is 2.37. The number of hydrogen-bond donors (Lipinski definition) is 2. The van der Waals surface area contributed by atoms with Crippen LogP contribution >= 0.6 is 0 Å². The maximum absolute atomic E-state index is 12.7.